The van der Waals surface area contributed by atoms with Crippen LogP contribution in [0.4, 0.5) is 0 Å². The van der Waals surface area contributed by atoms with E-state index in [2.05, 4.69) is 18.3 Å². The summed E-state index contributed by atoms with van der Waals surface area (Å²) in [7, 11) is 0. The highest BCUT2D eigenvalue weighted by molar-refractivity contribution is 7.10. The first-order valence-corrected chi connectivity index (χ1v) is 7.72. The molecule has 1 heterocycles. The summed E-state index contributed by atoms with van der Waals surface area (Å²) in [6, 6.07) is 13.6. The molecule has 3 nitrogen and oxygen atoms in total. The van der Waals surface area contributed by atoms with Gasteiger partial charge in [0.2, 0.25) is 5.91 Å². The smallest absolute Gasteiger partial charge is 0.222 e. The van der Waals surface area contributed by atoms with E-state index in [0.29, 0.717) is 6.42 Å². The SMILES string of the molecule is CCC(NC(=O)CC(N)c1ccccc1)c1cccs1. The normalized spacial score (nSPS) is 13.7. The van der Waals surface area contributed by atoms with Crippen LogP contribution in [0.1, 0.15) is 42.3 Å². The number of nitrogens with one attached hydrogen (secondary N) is 1. The van der Waals surface area contributed by atoms with Crippen molar-refractivity contribution in [1.82, 2.24) is 5.32 Å². The fourth-order valence-electron chi connectivity index (χ4n) is 2.13. The second kappa shape index (κ2) is 7.22. The number of hydrogen-bond donors (Lipinski definition) is 2. The molecule has 0 fully saturated rings. The summed E-state index contributed by atoms with van der Waals surface area (Å²) < 4.78 is 0. The van der Waals surface area contributed by atoms with Crippen molar-refractivity contribution in [3.8, 4) is 0 Å². The molecule has 2 atom stereocenters. The molecule has 2 unspecified atom stereocenters. The van der Waals surface area contributed by atoms with Gasteiger partial charge in [-0.25, -0.2) is 0 Å². The van der Waals surface area contributed by atoms with Gasteiger partial charge in [-0.05, 0) is 23.4 Å². The second-order valence-electron chi connectivity index (χ2n) is 4.77. The minimum absolute atomic E-state index is 0.00148. The summed E-state index contributed by atoms with van der Waals surface area (Å²) in [5.41, 5.74) is 7.07. The van der Waals surface area contributed by atoms with Crippen molar-refractivity contribution in [3.63, 3.8) is 0 Å². The Labute approximate surface area is 123 Å². The maximum Gasteiger partial charge on any atom is 0.222 e. The van der Waals surface area contributed by atoms with Crippen LogP contribution in [0.15, 0.2) is 47.8 Å². The van der Waals surface area contributed by atoms with Gasteiger partial charge in [-0.15, -0.1) is 11.3 Å². The van der Waals surface area contributed by atoms with E-state index in [1.165, 1.54) is 4.88 Å². The molecular formula is C16H20N2OS. The number of amides is 1. The number of thiophene rings is 1. The van der Waals surface area contributed by atoms with E-state index in [4.69, 9.17) is 5.73 Å². The molecule has 1 aromatic heterocycles. The third-order valence-corrected chi connectivity index (χ3v) is 4.25. The van der Waals surface area contributed by atoms with Crippen LogP contribution in [-0.4, -0.2) is 5.91 Å². The van der Waals surface area contributed by atoms with E-state index in [9.17, 15) is 4.79 Å². The molecule has 1 aromatic carbocycles. The minimum Gasteiger partial charge on any atom is -0.348 e. The molecule has 0 aliphatic heterocycles. The number of nitrogens with two attached hydrogens (primary N) is 1. The van der Waals surface area contributed by atoms with Gasteiger partial charge < -0.3 is 11.1 Å². The molecule has 0 spiro atoms. The molecule has 0 saturated heterocycles. The maximum atomic E-state index is 12.1. The van der Waals surface area contributed by atoms with E-state index >= 15 is 0 Å². The van der Waals surface area contributed by atoms with Crippen molar-refractivity contribution >= 4 is 17.2 Å². The lowest BCUT2D eigenvalue weighted by Crippen LogP contribution is -2.30. The first-order valence-electron chi connectivity index (χ1n) is 6.84. The number of carbonyl (C=O) groups is 1. The Morgan fingerprint density at radius 2 is 2.00 bits per heavy atom. The van der Waals surface area contributed by atoms with Crippen molar-refractivity contribution in [1.29, 1.82) is 0 Å². The van der Waals surface area contributed by atoms with Gasteiger partial charge in [-0.1, -0.05) is 43.3 Å². The Hall–Kier alpha value is -1.65. The molecular weight excluding hydrogens is 268 g/mol. The molecule has 20 heavy (non-hydrogen) atoms. The molecule has 1 amide bonds. The zero-order chi connectivity index (χ0) is 14.4. The van der Waals surface area contributed by atoms with Crippen LogP contribution in [0.3, 0.4) is 0 Å². The molecule has 2 aromatic rings. The maximum absolute atomic E-state index is 12.1. The zero-order valence-corrected chi connectivity index (χ0v) is 12.4. The quantitative estimate of drug-likeness (QED) is 0.856. The lowest BCUT2D eigenvalue weighted by Gasteiger charge is -2.17. The molecule has 106 valence electrons. The third-order valence-electron chi connectivity index (χ3n) is 3.26. The summed E-state index contributed by atoms with van der Waals surface area (Å²) >= 11 is 1.67. The number of hydrogen-bond acceptors (Lipinski definition) is 3. The third kappa shape index (κ3) is 3.92. The predicted molar refractivity (Wildman–Crippen MR) is 83.5 cm³/mol. The molecule has 0 radical (unpaired) electrons. The highest BCUT2D eigenvalue weighted by atomic mass is 32.1. The molecule has 3 N–H and O–H groups in total. The van der Waals surface area contributed by atoms with E-state index in [1.54, 1.807) is 11.3 Å². The van der Waals surface area contributed by atoms with Crippen molar-refractivity contribution in [2.75, 3.05) is 0 Å². The Morgan fingerprint density at radius 3 is 2.60 bits per heavy atom. The van der Waals surface area contributed by atoms with Gasteiger partial charge in [0.15, 0.2) is 0 Å². The summed E-state index contributed by atoms with van der Waals surface area (Å²) in [4.78, 5) is 13.3. The summed E-state index contributed by atoms with van der Waals surface area (Å²) in [6.45, 7) is 2.07. The van der Waals surface area contributed by atoms with Gasteiger partial charge in [0, 0.05) is 17.3 Å². The molecule has 0 aliphatic rings. The van der Waals surface area contributed by atoms with Gasteiger partial charge in [-0.3, -0.25) is 4.79 Å². The van der Waals surface area contributed by atoms with E-state index in [-0.39, 0.29) is 18.0 Å². The Bertz CT molecular complexity index is 525. The van der Waals surface area contributed by atoms with Crippen LogP contribution in [0.5, 0.6) is 0 Å². The Morgan fingerprint density at radius 1 is 1.25 bits per heavy atom. The molecule has 0 bridgehead atoms. The Kier molecular flexibility index (Phi) is 5.32. The first-order chi connectivity index (χ1) is 9.70. The largest absolute Gasteiger partial charge is 0.348 e. The van der Waals surface area contributed by atoms with Gasteiger partial charge >= 0.3 is 0 Å². The molecule has 2 rings (SSSR count). The number of benzene rings is 1. The van der Waals surface area contributed by atoms with Gasteiger partial charge in [0.1, 0.15) is 0 Å². The fraction of sp³-hybridized carbons (Fsp3) is 0.312. The van der Waals surface area contributed by atoms with Crippen molar-refractivity contribution in [3.05, 3.63) is 58.3 Å². The first kappa shape index (κ1) is 14.8. The van der Waals surface area contributed by atoms with Crippen LogP contribution >= 0.6 is 11.3 Å². The minimum atomic E-state index is -0.253. The van der Waals surface area contributed by atoms with Crippen LogP contribution in [0.2, 0.25) is 0 Å². The van der Waals surface area contributed by atoms with Gasteiger partial charge in [-0.2, -0.15) is 0 Å². The second-order valence-corrected chi connectivity index (χ2v) is 5.74. The fourth-order valence-corrected chi connectivity index (χ4v) is 3.00. The number of rotatable bonds is 6. The Balaban J connectivity index is 1.92. The van der Waals surface area contributed by atoms with Crippen LogP contribution in [0, 0.1) is 0 Å². The topological polar surface area (TPSA) is 55.1 Å². The predicted octanol–water partition coefficient (Wildman–Crippen LogP) is 3.41. The molecule has 0 saturated carbocycles. The molecule has 4 heteroatoms. The van der Waals surface area contributed by atoms with Crippen LogP contribution < -0.4 is 11.1 Å². The zero-order valence-electron chi connectivity index (χ0n) is 11.6. The summed E-state index contributed by atoms with van der Waals surface area (Å²) in [5.74, 6) is 0.00148. The summed E-state index contributed by atoms with van der Waals surface area (Å²) in [6.07, 6.45) is 1.19. The van der Waals surface area contributed by atoms with Crippen molar-refractivity contribution < 1.29 is 4.79 Å². The van der Waals surface area contributed by atoms with E-state index in [1.807, 2.05) is 41.8 Å². The van der Waals surface area contributed by atoms with Gasteiger partial charge in [0.05, 0.1) is 6.04 Å². The van der Waals surface area contributed by atoms with Crippen LogP contribution in [0.25, 0.3) is 0 Å². The highest BCUT2D eigenvalue weighted by Crippen LogP contribution is 2.22. The average molecular weight is 288 g/mol. The number of carbonyl (C=O) groups excluding carboxylic acids is 1. The highest BCUT2D eigenvalue weighted by Gasteiger charge is 2.16. The monoisotopic (exact) mass is 288 g/mol. The average Bonchev–Trinajstić information content (AvgIpc) is 2.99. The van der Waals surface area contributed by atoms with E-state index < -0.39 is 0 Å². The lowest BCUT2D eigenvalue weighted by molar-refractivity contribution is -0.122. The van der Waals surface area contributed by atoms with Crippen molar-refractivity contribution in [2.45, 2.75) is 31.8 Å². The lowest BCUT2D eigenvalue weighted by atomic mass is 10.0. The van der Waals surface area contributed by atoms with E-state index in [0.717, 1.165) is 12.0 Å². The molecule has 0 aliphatic carbocycles. The van der Waals surface area contributed by atoms with Gasteiger partial charge in [0.25, 0.3) is 0 Å². The standard InChI is InChI=1S/C16H20N2OS/c1-2-14(15-9-6-10-20-15)18-16(19)11-13(17)12-7-4-3-5-8-12/h3-10,13-14H,2,11,17H2,1H3,(H,18,19). The summed E-state index contributed by atoms with van der Waals surface area (Å²) in [5, 5.41) is 5.09. The van der Waals surface area contributed by atoms with Crippen LogP contribution in [-0.2, 0) is 4.79 Å². The van der Waals surface area contributed by atoms with Crippen molar-refractivity contribution in [2.24, 2.45) is 5.73 Å².